The molecule has 1 aliphatic rings. The Labute approximate surface area is 228 Å². The number of carbonyl (C=O) groups excluding carboxylic acids is 2. The lowest BCUT2D eigenvalue weighted by Crippen LogP contribution is -2.27. The van der Waals surface area contributed by atoms with Gasteiger partial charge in [0.25, 0.3) is 5.92 Å². The van der Waals surface area contributed by atoms with E-state index in [-0.39, 0.29) is 18.6 Å². The summed E-state index contributed by atoms with van der Waals surface area (Å²) < 4.78 is 64.2. The summed E-state index contributed by atoms with van der Waals surface area (Å²) in [5.74, 6) is -5.46. The third-order valence-corrected chi connectivity index (χ3v) is 7.83. The van der Waals surface area contributed by atoms with Gasteiger partial charge in [-0.15, -0.1) is 0 Å². The normalized spacial score (nSPS) is 18.5. The molecule has 3 unspecified atom stereocenters. The van der Waals surface area contributed by atoms with Crippen LogP contribution in [0.5, 0.6) is 0 Å². The summed E-state index contributed by atoms with van der Waals surface area (Å²) in [5, 5.41) is 2.16. The number of ether oxygens (including phenoxy) is 1. The Balaban J connectivity index is 0.000000568. The van der Waals surface area contributed by atoms with Gasteiger partial charge in [-0.2, -0.15) is 0 Å². The predicted octanol–water partition coefficient (Wildman–Crippen LogP) is 6.65. The molecule has 0 aromatic heterocycles. The average molecular weight is 553 g/mol. The largest absolute Gasteiger partial charge is 0.466 e. The number of alkyl halides is 2. The van der Waals surface area contributed by atoms with Crippen LogP contribution in [0.25, 0.3) is 11.1 Å². The van der Waals surface area contributed by atoms with Gasteiger partial charge in [-0.05, 0) is 74.2 Å². The summed E-state index contributed by atoms with van der Waals surface area (Å²) in [6.07, 6.45) is -0.466. The summed E-state index contributed by atoms with van der Waals surface area (Å²) in [6.45, 7) is 15.0. The molecule has 3 rings (SSSR count). The van der Waals surface area contributed by atoms with Crippen LogP contribution in [-0.2, 0) is 20.2 Å². The van der Waals surface area contributed by atoms with E-state index in [4.69, 9.17) is 10.5 Å². The number of hydrogen-bond donors (Lipinski definition) is 2. The smallest absolute Gasteiger partial charge is 0.308 e. The number of nitrogens with two attached hydrogens (primary N) is 1. The first kappa shape index (κ1) is 32.3. The number of carbonyl (C=O) groups is 2. The van der Waals surface area contributed by atoms with E-state index in [0.717, 1.165) is 30.0 Å². The van der Waals surface area contributed by atoms with Gasteiger partial charge < -0.3 is 15.8 Å². The average Bonchev–Trinajstić information content (AvgIpc) is 3.29. The van der Waals surface area contributed by atoms with Crippen LogP contribution in [0.2, 0.25) is 0 Å². The van der Waals surface area contributed by atoms with Gasteiger partial charge in [-0.25, -0.2) is 17.6 Å². The quantitative estimate of drug-likeness (QED) is 0.207. The van der Waals surface area contributed by atoms with E-state index in [1.165, 1.54) is 0 Å². The highest BCUT2D eigenvalue weighted by atomic mass is 19.3. The Morgan fingerprint density at radius 3 is 2.08 bits per heavy atom. The molecule has 5 nitrogen and oxygen atoms in total. The van der Waals surface area contributed by atoms with Crippen molar-refractivity contribution in [3.63, 3.8) is 0 Å². The summed E-state index contributed by atoms with van der Waals surface area (Å²) in [7, 11) is 0. The lowest BCUT2D eigenvalue weighted by atomic mass is 9.87. The minimum Gasteiger partial charge on any atom is -0.466 e. The summed E-state index contributed by atoms with van der Waals surface area (Å²) in [4.78, 5) is 23.0. The van der Waals surface area contributed by atoms with E-state index in [2.05, 4.69) is 26.1 Å². The molecule has 0 spiro atoms. The maximum Gasteiger partial charge on any atom is 0.308 e. The highest BCUT2D eigenvalue weighted by Gasteiger charge is 2.53. The van der Waals surface area contributed by atoms with E-state index in [1.54, 1.807) is 32.9 Å². The van der Waals surface area contributed by atoms with Crippen molar-refractivity contribution in [2.45, 2.75) is 73.8 Å². The molecule has 0 aliphatic heterocycles. The van der Waals surface area contributed by atoms with Gasteiger partial charge in [0, 0.05) is 18.1 Å². The maximum absolute atomic E-state index is 15.7. The van der Waals surface area contributed by atoms with Crippen LogP contribution in [0.4, 0.5) is 17.6 Å². The van der Waals surface area contributed by atoms with Crippen LogP contribution in [0.15, 0.2) is 18.2 Å². The van der Waals surface area contributed by atoms with Crippen LogP contribution in [0.1, 0.15) is 74.9 Å². The minimum atomic E-state index is -3.64. The Hall–Kier alpha value is -2.94. The highest BCUT2D eigenvalue weighted by molar-refractivity contribution is 5.75. The molecule has 0 radical (unpaired) electrons. The molecule has 0 saturated heterocycles. The number of halogens is 4. The third-order valence-electron chi connectivity index (χ3n) is 7.83. The summed E-state index contributed by atoms with van der Waals surface area (Å²) >= 11 is 0. The zero-order valence-electron chi connectivity index (χ0n) is 24.0. The molecule has 1 saturated carbocycles. The van der Waals surface area contributed by atoms with Crippen molar-refractivity contribution in [3.8, 4) is 11.1 Å². The predicted molar refractivity (Wildman–Crippen MR) is 144 cm³/mol. The second-order valence-corrected chi connectivity index (χ2v) is 11.0. The third kappa shape index (κ3) is 7.18. The van der Waals surface area contributed by atoms with Crippen molar-refractivity contribution in [2.24, 2.45) is 23.0 Å². The number of rotatable bonds is 9. The molecular weight excluding hydrogens is 512 g/mol. The fourth-order valence-corrected chi connectivity index (χ4v) is 5.31. The lowest BCUT2D eigenvalue weighted by Gasteiger charge is -2.24. The van der Waals surface area contributed by atoms with Crippen molar-refractivity contribution >= 4 is 12.4 Å². The molecule has 0 heterocycles. The second kappa shape index (κ2) is 12.5. The zero-order valence-corrected chi connectivity index (χ0v) is 24.0. The SMILES string of the molecule is CC1C(CN)C1(C)C.CCOC(=O)CC(NC=O)c1c(F)c(-c2c(C)cc(C)cc2C)cc(C(C)(F)F)c1F. The molecular formula is C30H40F4N2O3. The van der Waals surface area contributed by atoms with Gasteiger partial charge in [0.2, 0.25) is 6.41 Å². The number of nitrogens with one attached hydrogen (secondary N) is 1. The summed E-state index contributed by atoms with van der Waals surface area (Å²) in [5.41, 5.74) is 6.45. The van der Waals surface area contributed by atoms with E-state index in [1.807, 2.05) is 6.92 Å². The second-order valence-electron chi connectivity index (χ2n) is 11.0. The Bertz CT molecular complexity index is 1180. The number of aryl methyl sites for hydroxylation is 3. The Morgan fingerprint density at radius 1 is 1.15 bits per heavy atom. The van der Waals surface area contributed by atoms with E-state index >= 15 is 8.78 Å². The van der Waals surface area contributed by atoms with E-state index < -0.39 is 47.1 Å². The maximum atomic E-state index is 15.7. The molecule has 1 aliphatic carbocycles. The molecule has 3 atom stereocenters. The first-order chi connectivity index (χ1) is 18.0. The van der Waals surface area contributed by atoms with Gasteiger partial charge in [0.1, 0.15) is 11.6 Å². The van der Waals surface area contributed by atoms with E-state index in [0.29, 0.717) is 29.0 Å². The van der Waals surface area contributed by atoms with Gasteiger partial charge in [-0.1, -0.05) is 38.5 Å². The fourth-order valence-electron chi connectivity index (χ4n) is 5.31. The van der Waals surface area contributed by atoms with Gasteiger partial charge >= 0.3 is 5.97 Å². The van der Waals surface area contributed by atoms with Crippen molar-refractivity contribution in [3.05, 3.63) is 57.7 Å². The number of benzene rings is 2. The van der Waals surface area contributed by atoms with Crippen LogP contribution in [0, 0.1) is 49.7 Å². The molecule has 0 bridgehead atoms. The zero-order chi connectivity index (χ0) is 29.9. The van der Waals surface area contributed by atoms with Crippen molar-refractivity contribution in [1.29, 1.82) is 0 Å². The fraction of sp³-hybridized carbons (Fsp3) is 0.533. The van der Waals surface area contributed by atoms with Crippen molar-refractivity contribution in [2.75, 3.05) is 13.2 Å². The van der Waals surface area contributed by atoms with Gasteiger partial charge in [0.15, 0.2) is 0 Å². The summed E-state index contributed by atoms with van der Waals surface area (Å²) in [6, 6.07) is 2.78. The Kier molecular flexibility index (Phi) is 10.3. The van der Waals surface area contributed by atoms with Gasteiger partial charge in [-0.3, -0.25) is 9.59 Å². The lowest BCUT2D eigenvalue weighted by molar-refractivity contribution is -0.143. The van der Waals surface area contributed by atoms with Crippen LogP contribution in [-0.4, -0.2) is 25.5 Å². The highest BCUT2D eigenvalue weighted by Crippen LogP contribution is 2.56. The number of amides is 1. The van der Waals surface area contributed by atoms with Crippen LogP contribution in [0.3, 0.4) is 0 Å². The number of esters is 1. The van der Waals surface area contributed by atoms with Crippen LogP contribution >= 0.6 is 0 Å². The van der Waals surface area contributed by atoms with Crippen molar-refractivity contribution < 1.29 is 31.9 Å². The standard InChI is InChI=1S/C23H25F4NO3.C7H15N/c1-6-31-18(30)10-17(28-11-29)20-21(24)15(9-16(22(20)25)23(5,26)27)19-13(3)7-12(2)8-14(19)4;1-5-6(4-8)7(5,2)3/h7-9,11,17H,6,10H2,1-5H3,(H,28,29);5-6H,4,8H2,1-3H3. The molecule has 2 aromatic carbocycles. The molecule has 1 fully saturated rings. The molecule has 9 heteroatoms. The topological polar surface area (TPSA) is 81.4 Å². The monoisotopic (exact) mass is 552 g/mol. The molecule has 2 aromatic rings. The minimum absolute atomic E-state index is 0.0116. The molecule has 1 amide bonds. The molecule has 39 heavy (non-hydrogen) atoms. The number of hydrogen-bond acceptors (Lipinski definition) is 4. The molecule has 216 valence electrons. The molecule has 3 N–H and O–H groups in total. The first-order valence-electron chi connectivity index (χ1n) is 13.1. The van der Waals surface area contributed by atoms with Crippen LogP contribution < -0.4 is 11.1 Å². The first-order valence-corrected chi connectivity index (χ1v) is 13.1. The van der Waals surface area contributed by atoms with E-state index in [9.17, 15) is 18.4 Å². The Morgan fingerprint density at radius 2 is 1.69 bits per heavy atom. The van der Waals surface area contributed by atoms with Gasteiger partial charge in [0.05, 0.1) is 24.6 Å². The van der Waals surface area contributed by atoms with Crippen molar-refractivity contribution in [1.82, 2.24) is 5.32 Å².